The lowest BCUT2D eigenvalue weighted by molar-refractivity contribution is 0.296. The van der Waals surface area contributed by atoms with Gasteiger partial charge in [0.2, 0.25) is 5.88 Å². The van der Waals surface area contributed by atoms with Gasteiger partial charge in [-0.05, 0) is 12.8 Å². The van der Waals surface area contributed by atoms with Crippen LogP contribution in [0.5, 0.6) is 5.88 Å². The average molecular weight is 279 g/mol. The topological polar surface area (TPSA) is 47.0 Å². The van der Waals surface area contributed by atoms with Crippen LogP contribution in [-0.4, -0.2) is 23.1 Å². The van der Waals surface area contributed by atoms with E-state index in [0.717, 1.165) is 44.1 Å². The van der Waals surface area contributed by atoms with E-state index in [-0.39, 0.29) is 0 Å². The van der Waals surface area contributed by atoms with Crippen LogP contribution in [0, 0.1) is 0 Å². The van der Waals surface area contributed by atoms with Gasteiger partial charge in [0.15, 0.2) is 0 Å². The van der Waals surface area contributed by atoms with E-state index in [1.165, 1.54) is 25.7 Å². The standard InChI is InChI=1S/C16H29N3O/c1-4-7-9-10-11-17-15-13-16(20-12-8-5-2)19-14(6-3)18-15/h13H,4-12H2,1-3H3,(H,17,18,19). The molecule has 4 nitrogen and oxygen atoms in total. The largest absolute Gasteiger partial charge is 0.478 e. The van der Waals surface area contributed by atoms with E-state index in [1.54, 1.807) is 0 Å². The van der Waals surface area contributed by atoms with Crippen molar-refractivity contribution >= 4 is 5.82 Å². The van der Waals surface area contributed by atoms with E-state index < -0.39 is 0 Å². The molecule has 0 aliphatic heterocycles. The molecule has 114 valence electrons. The molecule has 20 heavy (non-hydrogen) atoms. The van der Waals surface area contributed by atoms with Crippen molar-refractivity contribution in [3.8, 4) is 5.88 Å². The third kappa shape index (κ3) is 6.73. The van der Waals surface area contributed by atoms with E-state index in [9.17, 15) is 0 Å². The van der Waals surface area contributed by atoms with Crippen LogP contribution in [0.25, 0.3) is 0 Å². The third-order valence-corrected chi connectivity index (χ3v) is 3.15. The number of nitrogens with zero attached hydrogens (tertiary/aromatic N) is 2. The summed E-state index contributed by atoms with van der Waals surface area (Å²) in [7, 11) is 0. The predicted molar refractivity (Wildman–Crippen MR) is 84.4 cm³/mol. The Bertz CT molecular complexity index is 369. The number of anilines is 1. The zero-order chi connectivity index (χ0) is 14.6. The van der Waals surface area contributed by atoms with Crippen molar-refractivity contribution in [3.05, 3.63) is 11.9 Å². The normalized spacial score (nSPS) is 10.6. The molecule has 0 saturated carbocycles. The predicted octanol–water partition coefficient (Wildman–Crippen LogP) is 4.21. The highest BCUT2D eigenvalue weighted by molar-refractivity contribution is 5.38. The summed E-state index contributed by atoms with van der Waals surface area (Å²) in [5, 5.41) is 3.38. The Kier molecular flexibility index (Phi) is 8.76. The highest BCUT2D eigenvalue weighted by Crippen LogP contribution is 2.15. The Hall–Kier alpha value is -1.32. The maximum Gasteiger partial charge on any atom is 0.218 e. The summed E-state index contributed by atoms with van der Waals surface area (Å²) in [5.41, 5.74) is 0. The van der Waals surface area contributed by atoms with Crippen molar-refractivity contribution in [3.63, 3.8) is 0 Å². The van der Waals surface area contributed by atoms with Crippen molar-refractivity contribution in [2.24, 2.45) is 0 Å². The Balaban J connectivity index is 2.49. The molecule has 0 atom stereocenters. The molecule has 0 spiro atoms. The van der Waals surface area contributed by atoms with Gasteiger partial charge in [-0.2, -0.15) is 4.98 Å². The van der Waals surface area contributed by atoms with Crippen LogP contribution in [0.4, 0.5) is 5.82 Å². The summed E-state index contributed by atoms with van der Waals surface area (Å²) in [6.07, 6.45) is 8.05. The summed E-state index contributed by atoms with van der Waals surface area (Å²) in [6, 6.07) is 1.91. The SMILES string of the molecule is CCCCCCNc1cc(OCCCC)nc(CC)n1. The Morgan fingerprint density at radius 3 is 2.50 bits per heavy atom. The van der Waals surface area contributed by atoms with Crippen LogP contribution in [0.1, 0.15) is 65.1 Å². The molecule has 0 saturated heterocycles. The minimum atomic E-state index is 0.696. The summed E-state index contributed by atoms with van der Waals surface area (Å²) in [5.74, 6) is 2.43. The molecular weight excluding hydrogens is 250 g/mol. The lowest BCUT2D eigenvalue weighted by atomic mass is 10.2. The van der Waals surface area contributed by atoms with Gasteiger partial charge < -0.3 is 10.1 Å². The quantitative estimate of drug-likeness (QED) is 0.616. The van der Waals surface area contributed by atoms with E-state index in [2.05, 4.69) is 36.1 Å². The number of hydrogen-bond donors (Lipinski definition) is 1. The van der Waals surface area contributed by atoms with Gasteiger partial charge in [-0.3, -0.25) is 0 Å². The van der Waals surface area contributed by atoms with Gasteiger partial charge in [-0.15, -0.1) is 0 Å². The number of ether oxygens (including phenoxy) is 1. The monoisotopic (exact) mass is 279 g/mol. The Morgan fingerprint density at radius 2 is 1.80 bits per heavy atom. The molecule has 0 bridgehead atoms. The first-order chi connectivity index (χ1) is 9.80. The number of nitrogens with one attached hydrogen (secondary N) is 1. The summed E-state index contributed by atoms with van der Waals surface area (Å²) >= 11 is 0. The fourth-order valence-corrected chi connectivity index (χ4v) is 1.88. The molecule has 4 heteroatoms. The van der Waals surface area contributed by atoms with Gasteiger partial charge in [0.1, 0.15) is 11.6 Å². The lowest BCUT2D eigenvalue weighted by Gasteiger charge is -2.10. The molecule has 1 aromatic rings. The molecule has 0 radical (unpaired) electrons. The summed E-state index contributed by atoms with van der Waals surface area (Å²) in [6.45, 7) is 8.15. The second-order valence-electron chi connectivity index (χ2n) is 5.05. The number of hydrogen-bond acceptors (Lipinski definition) is 4. The molecular formula is C16H29N3O. The van der Waals surface area contributed by atoms with Crippen molar-refractivity contribution in [2.45, 2.75) is 65.7 Å². The van der Waals surface area contributed by atoms with Gasteiger partial charge in [-0.1, -0.05) is 46.5 Å². The molecule has 0 fully saturated rings. The number of rotatable bonds is 11. The number of aromatic nitrogens is 2. The van der Waals surface area contributed by atoms with Gasteiger partial charge in [-0.25, -0.2) is 4.98 Å². The fourth-order valence-electron chi connectivity index (χ4n) is 1.88. The number of unbranched alkanes of at least 4 members (excludes halogenated alkanes) is 4. The zero-order valence-electron chi connectivity index (χ0n) is 13.2. The lowest BCUT2D eigenvalue weighted by Crippen LogP contribution is -2.08. The minimum absolute atomic E-state index is 0.696. The van der Waals surface area contributed by atoms with E-state index in [0.29, 0.717) is 5.88 Å². The molecule has 0 aliphatic carbocycles. The second-order valence-corrected chi connectivity index (χ2v) is 5.05. The van der Waals surface area contributed by atoms with Crippen LogP contribution in [0.15, 0.2) is 6.07 Å². The Labute approximate surface area is 123 Å². The first-order valence-corrected chi connectivity index (χ1v) is 8.04. The molecule has 1 N–H and O–H groups in total. The highest BCUT2D eigenvalue weighted by atomic mass is 16.5. The van der Waals surface area contributed by atoms with Crippen LogP contribution < -0.4 is 10.1 Å². The van der Waals surface area contributed by atoms with Gasteiger partial charge in [0.05, 0.1) is 6.61 Å². The highest BCUT2D eigenvalue weighted by Gasteiger charge is 2.04. The molecule has 0 aliphatic rings. The van der Waals surface area contributed by atoms with E-state index in [4.69, 9.17) is 4.74 Å². The molecule has 0 amide bonds. The smallest absolute Gasteiger partial charge is 0.218 e. The van der Waals surface area contributed by atoms with Crippen LogP contribution in [0.3, 0.4) is 0 Å². The van der Waals surface area contributed by atoms with Crippen LogP contribution in [0.2, 0.25) is 0 Å². The average Bonchev–Trinajstić information content (AvgIpc) is 2.47. The van der Waals surface area contributed by atoms with Gasteiger partial charge in [0.25, 0.3) is 0 Å². The van der Waals surface area contributed by atoms with Crippen molar-refractivity contribution < 1.29 is 4.74 Å². The van der Waals surface area contributed by atoms with Crippen molar-refractivity contribution in [1.29, 1.82) is 0 Å². The molecule has 1 heterocycles. The first kappa shape index (κ1) is 16.7. The van der Waals surface area contributed by atoms with E-state index in [1.807, 2.05) is 6.07 Å². The number of aryl methyl sites for hydroxylation is 1. The van der Waals surface area contributed by atoms with Gasteiger partial charge in [0, 0.05) is 19.0 Å². The first-order valence-electron chi connectivity index (χ1n) is 8.04. The van der Waals surface area contributed by atoms with Crippen LogP contribution in [-0.2, 0) is 6.42 Å². The summed E-state index contributed by atoms with van der Waals surface area (Å²) in [4.78, 5) is 8.90. The maximum absolute atomic E-state index is 5.68. The fraction of sp³-hybridized carbons (Fsp3) is 0.750. The molecule has 1 aromatic heterocycles. The summed E-state index contributed by atoms with van der Waals surface area (Å²) < 4.78 is 5.68. The maximum atomic E-state index is 5.68. The molecule has 1 rings (SSSR count). The zero-order valence-corrected chi connectivity index (χ0v) is 13.2. The molecule has 0 unspecified atom stereocenters. The van der Waals surface area contributed by atoms with Crippen molar-refractivity contribution in [2.75, 3.05) is 18.5 Å². The third-order valence-electron chi connectivity index (χ3n) is 3.15. The van der Waals surface area contributed by atoms with Crippen molar-refractivity contribution in [1.82, 2.24) is 9.97 Å². The van der Waals surface area contributed by atoms with E-state index >= 15 is 0 Å². The Morgan fingerprint density at radius 1 is 1.00 bits per heavy atom. The minimum Gasteiger partial charge on any atom is -0.478 e. The molecule has 0 aromatic carbocycles. The van der Waals surface area contributed by atoms with Gasteiger partial charge >= 0.3 is 0 Å². The second kappa shape index (κ2) is 10.5. The van der Waals surface area contributed by atoms with Crippen LogP contribution >= 0.6 is 0 Å².